The van der Waals surface area contributed by atoms with Gasteiger partial charge in [-0.2, -0.15) is 4.31 Å². The van der Waals surface area contributed by atoms with E-state index in [2.05, 4.69) is 33.0 Å². The van der Waals surface area contributed by atoms with Crippen molar-refractivity contribution < 1.29 is 32.6 Å². The molecule has 1 aromatic rings. The summed E-state index contributed by atoms with van der Waals surface area (Å²) in [5, 5.41) is 12.0. The fourth-order valence-corrected chi connectivity index (χ4v) is 6.87. The Morgan fingerprint density at radius 3 is 2.03 bits per heavy atom. The zero-order valence-corrected chi connectivity index (χ0v) is 25.2. The number of hydrogen-bond acceptors (Lipinski definition) is 6. The Morgan fingerprint density at radius 1 is 1.00 bits per heavy atom. The smallest absolute Gasteiger partial charge is 0.407 e. The topological polar surface area (TPSA) is 122 Å². The van der Waals surface area contributed by atoms with Crippen LogP contribution in [0, 0.1) is 26.2 Å². The number of amides is 1. The minimum Gasteiger partial charge on any atom is -0.487 e. The zero-order chi connectivity index (χ0) is 28.9. The maximum absolute atomic E-state index is 14.0. The normalized spacial score (nSPS) is 18.1. The second-order valence-corrected chi connectivity index (χ2v) is 14.3. The molecule has 1 aromatic carbocycles. The summed E-state index contributed by atoms with van der Waals surface area (Å²) in [6.07, 6.45) is -0.707. The van der Waals surface area contributed by atoms with Crippen LogP contribution >= 0.6 is 0 Å². The van der Waals surface area contributed by atoms with Gasteiger partial charge in [0, 0.05) is 29.5 Å². The predicted molar refractivity (Wildman–Crippen MR) is 143 cm³/mol. The first-order valence-electron chi connectivity index (χ1n) is 12.5. The highest BCUT2D eigenvalue weighted by molar-refractivity contribution is 7.89. The van der Waals surface area contributed by atoms with Crippen LogP contribution in [0.3, 0.4) is 0 Å². The molecule has 0 aliphatic carbocycles. The predicted octanol–water partition coefficient (Wildman–Crippen LogP) is 4.69. The van der Waals surface area contributed by atoms with Gasteiger partial charge in [-0.3, -0.25) is 4.79 Å². The average molecular weight is 541 g/mol. The highest BCUT2D eigenvalue weighted by Gasteiger charge is 2.56. The van der Waals surface area contributed by atoms with E-state index in [1.807, 2.05) is 20.8 Å². The fourth-order valence-electron chi connectivity index (χ4n) is 4.97. The number of hydrogen-bond donors (Lipinski definition) is 2. The summed E-state index contributed by atoms with van der Waals surface area (Å²) in [6, 6.07) is 0. The van der Waals surface area contributed by atoms with Gasteiger partial charge < -0.3 is 19.9 Å². The third-order valence-corrected chi connectivity index (χ3v) is 10.3. The van der Waals surface area contributed by atoms with E-state index >= 15 is 0 Å². The molecule has 1 heterocycles. The lowest BCUT2D eigenvalue weighted by atomic mass is 9.55. The Hall–Kier alpha value is -2.33. The number of alkyl carbamates (subject to hydrolysis) is 1. The number of carbonyl (C=O) groups excluding carboxylic acids is 1. The van der Waals surface area contributed by atoms with Gasteiger partial charge in [0.1, 0.15) is 23.5 Å². The molecule has 210 valence electrons. The molecule has 0 aromatic heterocycles. The highest BCUT2D eigenvalue weighted by atomic mass is 32.2. The molecule has 1 aliphatic heterocycles. The van der Waals surface area contributed by atoms with Gasteiger partial charge >= 0.3 is 12.1 Å². The average Bonchev–Trinajstić information content (AvgIpc) is 2.67. The van der Waals surface area contributed by atoms with Crippen molar-refractivity contribution in [2.24, 2.45) is 5.41 Å². The van der Waals surface area contributed by atoms with Gasteiger partial charge in [0.05, 0.1) is 4.90 Å². The molecular weight excluding hydrogens is 496 g/mol. The number of nitrogens with zero attached hydrogens (tertiary/aromatic N) is 1. The summed E-state index contributed by atoms with van der Waals surface area (Å²) < 4.78 is 40.7. The highest BCUT2D eigenvalue weighted by Crippen LogP contribution is 2.59. The maximum Gasteiger partial charge on any atom is 0.407 e. The van der Waals surface area contributed by atoms with Gasteiger partial charge in [0.15, 0.2) is 0 Å². The van der Waals surface area contributed by atoms with E-state index < -0.39 is 45.2 Å². The number of rotatable bonds is 7. The number of carboxylic acids is 1. The first-order valence-corrected chi connectivity index (χ1v) is 13.9. The van der Waals surface area contributed by atoms with E-state index in [0.717, 1.165) is 9.87 Å². The third-order valence-electron chi connectivity index (χ3n) is 8.18. The van der Waals surface area contributed by atoms with Gasteiger partial charge in [-0.1, -0.05) is 27.7 Å². The number of aliphatic carboxylic acids is 1. The van der Waals surface area contributed by atoms with Crippen molar-refractivity contribution in [2.75, 3.05) is 19.6 Å². The first kappa shape index (κ1) is 30.9. The second-order valence-electron chi connectivity index (χ2n) is 12.4. The monoisotopic (exact) mass is 540 g/mol. The molecule has 0 spiro atoms. The van der Waals surface area contributed by atoms with Crippen LogP contribution in [0.25, 0.3) is 0 Å². The van der Waals surface area contributed by atoms with E-state index in [0.29, 0.717) is 22.4 Å². The Bertz CT molecular complexity index is 1190. The van der Waals surface area contributed by atoms with Crippen LogP contribution in [-0.4, -0.2) is 60.7 Å². The van der Waals surface area contributed by atoms with E-state index in [4.69, 9.17) is 9.47 Å². The Kier molecular flexibility index (Phi) is 8.15. The second kappa shape index (κ2) is 9.76. The molecule has 10 heteroatoms. The van der Waals surface area contributed by atoms with E-state index in [1.165, 1.54) is 0 Å². The maximum atomic E-state index is 14.0. The van der Waals surface area contributed by atoms with Crippen LogP contribution < -0.4 is 10.1 Å². The van der Waals surface area contributed by atoms with Crippen molar-refractivity contribution in [1.29, 1.82) is 0 Å². The molecule has 0 atom stereocenters. The summed E-state index contributed by atoms with van der Waals surface area (Å²) >= 11 is 0. The van der Waals surface area contributed by atoms with Crippen LogP contribution in [0.2, 0.25) is 0 Å². The molecule has 1 aliphatic rings. The van der Waals surface area contributed by atoms with Gasteiger partial charge in [-0.15, -0.1) is 0 Å². The van der Waals surface area contributed by atoms with Crippen molar-refractivity contribution in [3.63, 3.8) is 0 Å². The lowest BCUT2D eigenvalue weighted by Crippen LogP contribution is -2.58. The van der Waals surface area contributed by atoms with Crippen LogP contribution in [0.15, 0.2) is 4.90 Å². The molecule has 0 saturated carbocycles. The standard InChI is InChI=1S/C27H44N2O7S/c1-16-17(2)22(18(3)20-21(16)35-27(11,12)26(9,10)25(20,7)8)37(33,34)29(15-19(30)31)14-13-28-23(32)36-24(4,5)6/h13-15H2,1-12H3,(H,28,32)(H,30,31). The summed E-state index contributed by atoms with van der Waals surface area (Å²) in [5.74, 6) is -0.614. The van der Waals surface area contributed by atoms with Gasteiger partial charge in [0.2, 0.25) is 10.0 Å². The van der Waals surface area contributed by atoms with Crippen molar-refractivity contribution in [3.8, 4) is 5.75 Å². The number of carbonyl (C=O) groups is 2. The van der Waals surface area contributed by atoms with Crippen LogP contribution in [-0.2, 0) is 25.0 Å². The first-order chi connectivity index (χ1) is 16.5. The van der Waals surface area contributed by atoms with Gasteiger partial charge in [0.25, 0.3) is 0 Å². The van der Waals surface area contributed by atoms with Crippen LogP contribution in [0.5, 0.6) is 5.75 Å². The zero-order valence-electron chi connectivity index (χ0n) is 24.4. The quantitative estimate of drug-likeness (QED) is 0.515. The number of ether oxygens (including phenoxy) is 2. The Morgan fingerprint density at radius 2 is 1.54 bits per heavy atom. The molecule has 0 fully saturated rings. The number of carboxylic acid groups (broad SMARTS) is 1. The summed E-state index contributed by atoms with van der Waals surface area (Å²) in [7, 11) is -4.26. The van der Waals surface area contributed by atoms with Crippen molar-refractivity contribution >= 4 is 22.1 Å². The minimum atomic E-state index is -4.26. The molecular formula is C27H44N2O7S. The number of nitrogens with one attached hydrogen (secondary N) is 1. The number of sulfonamides is 1. The lowest BCUT2D eigenvalue weighted by Gasteiger charge is -2.57. The van der Waals surface area contributed by atoms with Gasteiger partial charge in [-0.05, 0) is 72.1 Å². The molecule has 0 saturated heterocycles. The molecule has 9 nitrogen and oxygen atoms in total. The molecule has 2 rings (SSSR count). The largest absolute Gasteiger partial charge is 0.487 e. The number of fused-ring (bicyclic) bond motifs is 1. The molecule has 1 amide bonds. The number of benzene rings is 1. The molecule has 2 N–H and O–H groups in total. The van der Waals surface area contributed by atoms with Gasteiger partial charge in [-0.25, -0.2) is 13.2 Å². The third kappa shape index (κ3) is 5.60. The van der Waals surface area contributed by atoms with Crippen molar-refractivity contribution in [1.82, 2.24) is 9.62 Å². The van der Waals surface area contributed by atoms with Crippen molar-refractivity contribution in [3.05, 3.63) is 22.3 Å². The lowest BCUT2D eigenvalue weighted by molar-refractivity contribution is -0.137. The summed E-state index contributed by atoms with van der Waals surface area (Å²) in [5.41, 5.74) is 0.503. The van der Waals surface area contributed by atoms with Crippen LogP contribution in [0.4, 0.5) is 4.79 Å². The van der Waals surface area contributed by atoms with E-state index in [-0.39, 0.29) is 23.4 Å². The molecule has 37 heavy (non-hydrogen) atoms. The Balaban J connectivity index is 2.62. The van der Waals surface area contributed by atoms with Crippen LogP contribution in [0.1, 0.15) is 84.6 Å². The SMILES string of the molecule is Cc1c(C)c(S(=O)(=O)N(CCNC(=O)OC(C)(C)C)CC(=O)O)c(C)c2c1OC(C)(C)C(C)(C)C2(C)C. The molecule has 0 bridgehead atoms. The van der Waals surface area contributed by atoms with E-state index in [9.17, 15) is 23.1 Å². The molecule has 0 unspecified atom stereocenters. The van der Waals surface area contributed by atoms with Crippen molar-refractivity contribution in [2.45, 2.75) is 105 Å². The Labute approximate surface area is 222 Å². The van der Waals surface area contributed by atoms with E-state index in [1.54, 1.807) is 34.6 Å². The minimum absolute atomic E-state index is 0.0782. The summed E-state index contributed by atoms with van der Waals surface area (Å²) in [6.45, 7) is 21.8. The molecule has 0 radical (unpaired) electrons. The summed E-state index contributed by atoms with van der Waals surface area (Å²) in [4.78, 5) is 23.8. The fraction of sp³-hybridized carbons (Fsp3) is 0.704.